The summed E-state index contributed by atoms with van der Waals surface area (Å²) >= 11 is 0. The number of amides is 1. The van der Waals surface area contributed by atoms with Gasteiger partial charge in [-0.15, -0.1) is 0 Å². The summed E-state index contributed by atoms with van der Waals surface area (Å²) in [6.07, 6.45) is 3.51. The summed E-state index contributed by atoms with van der Waals surface area (Å²) in [7, 11) is 0. The van der Waals surface area contributed by atoms with Gasteiger partial charge in [0.05, 0.1) is 0 Å². The number of imidazole rings is 1. The monoisotopic (exact) mass is 384 g/mol. The zero-order valence-electron chi connectivity index (χ0n) is 15.8. The zero-order chi connectivity index (χ0) is 19.6. The molecule has 7 heteroatoms. The Kier molecular flexibility index (Phi) is 4.50. The molecule has 0 saturated carbocycles. The molecule has 1 aliphatic heterocycles. The Labute approximate surface area is 168 Å². The average molecular weight is 384 g/mol. The van der Waals surface area contributed by atoms with Crippen LogP contribution in [0.15, 0.2) is 67.0 Å². The normalized spacial score (nSPS) is 14.3. The Hall–Kier alpha value is -3.58. The molecule has 0 unspecified atom stereocenters. The first-order valence-corrected chi connectivity index (χ1v) is 9.66. The fraction of sp³-hybridized carbons (Fsp3) is 0.182. The van der Waals surface area contributed by atoms with E-state index in [1.54, 1.807) is 12.4 Å². The molecule has 1 aromatic carbocycles. The molecule has 3 aromatic heterocycles. The predicted molar refractivity (Wildman–Crippen MR) is 111 cm³/mol. The quantitative estimate of drug-likeness (QED) is 0.587. The van der Waals surface area contributed by atoms with Crippen molar-refractivity contribution in [2.24, 2.45) is 0 Å². The van der Waals surface area contributed by atoms with E-state index in [4.69, 9.17) is 4.98 Å². The summed E-state index contributed by atoms with van der Waals surface area (Å²) in [5, 5.41) is 3.27. The first kappa shape index (κ1) is 17.5. The minimum atomic E-state index is 0.0663. The van der Waals surface area contributed by atoms with Crippen molar-refractivity contribution in [1.82, 2.24) is 29.7 Å². The molecule has 1 saturated heterocycles. The molecule has 4 heterocycles. The molecule has 4 aromatic rings. The summed E-state index contributed by atoms with van der Waals surface area (Å²) in [5.41, 5.74) is 3.91. The van der Waals surface area contributed by atoms with Gasteiger partial charge in [0.25, 0.3) is 5.91 Å². The van der Waals surface area contributed by atoms with Gasteiger partial charge in [-0.1, -0.05) is 6.07 Å². The predicted octanol–water partition coefficient (Wildman–Crippen LogP) is 2.53. The van der Waals surface area contributed by atoms with Crippen LogP contribution >= 0.6 is 0 Å². The molecule has 1 N–H and O–H groups in total. The van der Waals surface area contributed by atoms with Crippen LogP contribution in [0.3, 0.4) is 0 Å². The molecule has 1 amide bonds. The topological polar surface area (TPSA) is 75.9 Å². The molecule has 0 aliphatic carbocycles. The number of piperazine rings is 1. The molecule has 1 aliphatic rings. The van der Waals surface area contributed by atoms with Gasteiger partial charge in [0, 0.05) is 49.8 Å². The lowest BCUT2D eigenvalue weighted by atomic mass is 10.1. The molecule has 1 fully saturated rings. The van der Waals surface area contributed by atoms with E-state index < -0.39 is 0 Å². The summed E-state index contributed by atoms with van der Waals surface area (Å²) in [5.74, 6) is 0.789. The average Bonchev–Trinajstić information content (AvgIpc) is 3.19. The number of aromatic nitrogens is 4. The van der Waals surface area contributed by atoms with Crippen molar-refractivity contribution in [2.75, 3.05) is 26.2 Å². The van der Waals surface area contributed by atoms with Crippen LogP contribution < -0.4 is 5.32 Å². The zero-order valence-corrected chi connectivity index (χ0v) is 15.8. The maximum Gasteiger partial charge on any atom is 0.253 e. The van der Waals surface area contributed by atoms with Gasteiger partial charge < -0.3 is 10.2 Å². The van der Waals surface area contributed by atoms with Crippen LogP contribution in [-0.2, 0) is 0 Å². The summed E-state index contributed by atoms with van der Waals surface area (Å²) < 4.78 is 1.98. The Balaban J connectivity index is 1.56. The van der Waals surface area contributed by atoms with E-state index in [0.717, 1.165) is 54.5 Å². The first-order valence-electron chi connectivity index (χ1n) is 9.66. The van der Waals surface area contributed by atoms with Gasteiger partial charge >= 0.3 is 0 Å². The van der Waals surface area contributed by atoms with Gasteiger partial charge in [-0.05, 0) is 48.5 Å². The third-order valence-electron chi connectivity index (χ3n) is 5.09. The molecule has 144 valence electrons. The van der Waals surface area contributed by atoms with Gasteiger partial charge in [0.15, 0.2) is 11.5 Å². The number of fused-ring (bicyclic) bond motifs is 1. The largest absolute Gasteiger partial charge is 0.336 e. The molecule has 0 spiro atoms. The standard InChI is InChI=1S/C22H20N6O/c29-22(27-14-12-23-13-15-27)16-6-8-17(9-7-16)28-20-19(5-3-11-25-20)26-21(28)18-4-1-2-10-24-18/h1-11,23H,12-15H2. The number of carbonyl (C=O) groups excluding carboxylic acids is 1. The smallest absolute Gasteiger partial charge is 0.253 e. The van der Waals surface area contributed by atoms with Crippen molar-refractivity contribution in [2.45, 2.75) is 0 Å². The summed E-state index contributed by atoms with van der Waals surface area (Å²) in [4.78, 5) is 28.4. The molecular weight excluding hydrogens is 364 g/mol. The van der Waals surface area contributed by atoms with E-state index in [0.29, 0.717) is 5.56 Å². The SMILES string of the molecule is O=C(c1ccc(-n2c(-c3ccccn3)nc3cccnc32)cc1)N1CCNCC1. The molecule has 7 nitrogen and oxygen atoms in total. The fourth-order valence-corrected chi connectivity index (χ4v) is 3.63. The number of hydrogen-bond acceptors (Lipinski definition) is 5. The Morgan fingerprint density at radius 3 is 2.45 bits per heavy atom. The molecule has 29 heavy (non-hydrogen) atoms. The fourth-order valence-electron chi connectivity index (χ4n) is 3.63. The number of nitrogens with zero attached hydrogens (tertiary/aromatic N) is 5. The van der Waals surface area contributed by atoms with E-state index >= 15 is 0 Å². The highest BCUT2D eigenvalue weighted by molar-refractivity contribution is 5.94. The number of hydrogen-bond donors (Lipinski definition) is 1. The highest BCUT2D eigenvalue weighted by atomic mass is 16.2. The maximum atomic E-state index is 12.8. The van der Waals surface area contributed by atoms with Crippen molar-refractivity contribution < 1.29 is 4.79 Å². The molecule has 5 rings (SSSR count). The minimum Gasteiger partial charge on any atom is -0.336 e. The van der Waals surface area contributed by atoms with E-state index in [9.17, 15) is 4.79 Å². The lowest BCUT2D eigenvalue weighted by Gasteiger charge is -2.27. The third kappa shape index (κ3) is 3.25. The molecule has 0 radical (unpaired) electrons. The van der Waals surface area contributed by atoms with Crippen LogP contribution in [0.25, 0.3) is 28.4 Å². The lowest BCUT2D eigenvalue weighted by molar-refractivity contribution is 0.0736. The van der Waals surface area contributed by atoms with Crippen molar-refractivity contribution in [1.29, 1.82) is 0 Å². The van der Waals surface area contributed by atoms with Gasteiger partial charge in [-0.25, -0.2) is 9.97 Å². The summed E-state index contributed by atoms with van der Waals surface area (Å²) in [6, 6.07) is 17.2. The van der Waals surface area contributed by atoms with Crippen molar-refractivity contribution in [3.63, 3.8) is 0 Å². The second kappa shape index (κ2) is 7.44. The van der Waals surface area contributed by atoms with Crippen molar-refractivity contribution in [3.05, 3.63) is 72.6 Å². The van der Waals surface area contributed by atoms with Crippen LogP contribution in [0.2, 0.25) is 0 Å². The Bertz CT molecular complexity index is 1150. The Morgan fingerprint density at radius 1 is 0.897 bits per heavy atom. The molecule has 0 bridgehead atoms. The van der Waals surface area contributed by atoms with Gasteiger partial charge in [-0.3, -0.25) is 14.3 Å². The van der Waals surface area contributed by atoms with Gasteiger partial charge in [-0.2, -0.15) is 0 Å². The number of carbonyl (C=O) groups is 1. The second-order valence-corrected chi connectivity index (χ2v) is 6.92. The lowest BCUT2D eigenvalue weighted by Crippen LogP contribution is -2.46. The molecule has 0 atom stereocenters. The number of rotatable bonds is 3. The van der Waals surface area contributed by atoms with Crippen LogP contribution in [-0.4, -0.2) is 56.5 Å². The second-order valence-electron chi connectivity index (χ2n) is 6.92. The molecular formula is C22H20N6O. The Morgan fingerprint density at radius 2 is 1.69 bits per heavy atom. The highest BCUT2D eigenvalue weighted by Crippen LogP contribution is 2.26. The van der Waals surface area contributed by atoms with E-state index in [1.165, 1.54) is 0 Å². The van der Waals surface area contributed by atoms with Crippen LogP contribution in [0.1, 0.15) is 10.4 Å². The van der Waals surface area contributed by atoms with Crippen molar-refractivity contribution in [3.8, 4) is 17.2 Å². The number of pyridine rings is 2. The minimum absolute atomic E-state index is 0.0663. The maximum absolute atomic E-state index is 12.8. The summed E-state index contributed by atoms with van der Waals surface area (Å²) in [6.45, 7) is 3.15. The number of nitrogens with one attached hydrogen (secondary N) is 1. The van der Waals surface area contributed by atoms with Crippen LogP contribution in [0.4, 0.5) is 0 Å². The first-order chi connectivity index (χ1) is 14.3. The van der Waals surface area contributed by atoms with Crippen LogP contribution in [0, 0.1) is 0 Å². The van der Waals surface area contributed by atoms with Crippen molar-refractivity contribution >= 4 is 17.1 Å². The van der Waals surface area contributed by atoms with E-state index in [2.05, 4.69) is 15.3 Å². The van der Waals surface area contributed by atoms with E-state index in [-0.39, 0.29) is 5.91 Å². The third-order valence-corrected chi connectivity index (χ3v) is 5.09. The van der Waals surface area contributed by atoms with E-state index in [1.807, 2.05) is 64.1 Å². The van der Waals surface area contributed by atoms with Crippen LogP contribution in [0.5, 0.6) is 0 Å². The van der Waals surface area contributed by atoms with Gasteiger partial charge in [0.2, 0.25) is 0 Å². The highest BCUT2D eigenvalue weighted by Gasteiger charge is 2.19. The van der Waals surface area contributed by atoms with Gasteiger partial charge in [0.1, 0.15) is 11.2 Å². The number of benzene rings is 1.